The smallest absolute Gasteiger partial charge is 0.317 e. The Bertz CT molecular complexity index is 597. The van der Waals surface area contributed by atoms with Gasteiger partial charge in [0.05, 0.1) is 6.04 Å². The Labute approximate surface area is 128 Å². The molecule has 1 aromatic rings. The second kappa shape index (κ2) is 5.94. The largest absolute Gasteiger partial charge is 0.369 e. The molecule has 0 bridgehead atoms. The molecule has 6 heteroatoms. The number of hydrogen-bond donors (Lipinski definition) is 2. The van der Waals surface area contributed by atoms with Crippen LogP contribution in [-0.2, 0) is 11.2 Å². The number of benzene rings is 1. The number of hydrogen-bond acceptors (Lipinski definition) is 2. The fraction of sp³-hybridized carbons (Fsp3) is 0.500. The number of carbonyl (C=O) groups excluding carboxylic acids is 2. The number of halogens is 1. The summed E-state index contributed by atoms with van der Waals surface area (Å²) in [5.41, 5.74) is 7.27. The van der Waals surface area contributed by atoms with Crippen LogP contribution in [-0.4, -0.2) is 29.9 Å². The van der Waals surface area contributed by atoms with E-state index in [0.29, 0.717) is 25.9 Å². The Balaban J connectivity index is 1.59. The van der Waals surface area contributed by atoms with E-state index in [1.165, 1.54) is 6.07 Å². The van der Waals surface area contributed by atoms with E-state index >= 15 is 0 Å². The molecule has 5 nitrogen and oxygen atoms in total. The van der Waals surface area contributed by atoms with Crippen LogP contribution >= 0.6 is 0 Å². The number of primary amides is 1. The van der Waals surface area contributed by atoms with Crippen molar-refractivity contribution in [2.75, 3.05) is 13.1 Å². The molecule has 1 atom stereocenters. The zero-order valence-electron chi connectivity index (χ0n) is 12.3. The predicted molar refractivity (Wildman–Crippen MR) is 79.5 cm³/mol. The molecule has 1 saturated heterocycles. The van der Waals surface area contributed by atoms with Crippen molar-refractivity contribution in [2.24, 2.45) is 11.7 Å². The third-order valence-corrected chi connectivity index (χ3v) is 4.67. The fourth-order valence-corrected chi connectivity index (χ4v) is 3.34. The Kier molecular flexibility index (Phi) is 4.00. The number of fused-ring (bicyclic) bond motifs is 1. The van der Waals surface area contributed by atoms with Gasteiger partial charge in [-0.2, -0.15) is 0 Å². The van der Waals surface area contributed by atoms with Gasteiger partial charge >= 0.3 is 6.03 Å². The molecule has 3 amide bonds. The molecular weight excluding hydrogens is 285 g/mol. The summed E-state index contributed by atoms with van der Waals surface area (Å²) in [7, 11) is 0. The Morgan fingerprint density at radius 1 is 1.23 bits per heavy atom. The highest BCUT2D eigenvalue weighted by atomic mass is 19.1. The van der Waals surface area contributed by atoms with Crippen molar-refractivity contribution < 1.29 is 14.0 Å². The van der Waals surface area contributed by atoms with Crippen molar-refractivity contribution in [1.29, 1.82) is 0 Å². The third-order valence-electron chi connectivity index (χ3n) is 4.67. The van der Waals surface area contributed by atoms with Crippen LogP contribution in [0.2, 0.25) is 0 Å². The molecule has 0 radical (unpaired) electrons. The van der Waals surface area contributed by atoms with Crippen LogP contribution in [0.4, 0.5) is 9.18 Å². The number of nitrogens with one attached hydrogen (secondary N) is 1. The topological polar surface area (TPSA) is 75.4 Å². The second-order valence-corrected chi connectivity index (χ2v) is 6.05. The third kappa shape index (κ3) is 2.91. The maximum absolute atomic E-state index is 13.2. The molecule has 1 fully saturated rings. The Hall–Kier alpha value is -2.11. The van der Waals surface area contributed by atoms with Crippen LogP contribution in [0.1, 0.15) is 36.4 Å². The molecule has 0 saturated carbocycles. The minimum absolute atomic E-state index is 0.0584. The first-order chi connectivity index (χ1) is 10.5. The molecule has 3 rings (SSSR count). The summed E-state index contributed by atoms with van der Waals surface area (Å²) in [5.74, 6) is -0.648. The predicted octanol–water partition coefficient (Wildman–Crippen LogP) is 1.72. The van der Waals surface area contributed by atoms with E-state index in [-0.39, 0.29) is 29.7 Å². The van der Waals surface area contributed by atoms with E-state index in [1.54, 1.807) is 17.0 Å². The van der Waals surface area contributed by atoms with Crippen molar-refractivity contribution in [3.8, 4) is 0 Å². The van der Waals surface area contributed by atoms with Gasteiger partial charge < -0.3 is 16.0 Å². The van der Waals surface area contributed by atoms with Gasteiger partial charge in [0, 0.05) is 19.0 Å². The first-order valence-electron chi connectivity index (χ1n) is 7.67. The van der Waals surface area contributed by atoms with Gasteiger partial charge in [0.25, 0.3) is 0 Å². The summed E-state index contributed by atoms with van der Waals surface area (Å²) in [6, 6.07) is 4.55. The minimum Gasteiger partial charge on any atom is -0.369 e. The SMILES string of the molecule is NC(=O)C1CCN(C(=O)N[C@@H]2CCc3cc(F)ccc32)CC1. The molecule has 1 aromatic carbocycles. The number of urea groups is 1. The van der Waals surface area contributed by atoms with Crippen LogP contribution < -0.4 is 11.1 Å². The zero-order chi connectivity index (χ0) is 15.7. The van der Waals surface area contributed by atoms with Crippen LogP contribution in [0.5, 0.6) is 0 Å². The van der Waals surface area contributed by atoms with Gasteiger partial charge in [-0.1, -0.05) is 6.07 Å². The monoisotopic (exact) mass is 305 g/mol. The summed E-state index contributed by atoms with van der Waals surface area (Å²) in [4.78, 5) is 25.2. The normalized spacial score (nSPS) is 21.5. The van der Waals surface area contributed by atoms with Crippen molar-refractivity contribution in [2.45, 2.75) is 31.7 Å². The van der Waals surface area contributed by atoms with Gasteiger partial charge in [0.15, 0.2) is 0 Å². The Morgan fingerprint density at radius 2 is 1.95 bits per heavy atom. The van der Waals surface area contributed by atoms with Gasteiger partial charge in [0.1, 0.15) is 5.82 Å². The maximum Gasteiger partial charge on any atom is 0.317 e. The number of carbonyl (C=O) groups is 2. The fourth-order valence-electron chi connectivity index (χ4n) is 3.34. The first kappa shape index (κ1) is 14.8. The zero-order valence-corrected chi connectivity index (χ0v) is 12.3. The maximum atomic E-state index is 13.2. The number of nitrogens with two attached hydrogens (primary N) is 1. The van der Waals surface area contributed by atoms with E-state index in [1.807, 2.05) is 0 Å². The molecule has 1 aliphatic heterocycles. The van der Waals surface area contributed by atoms with Crippen LogP contribution in [0.25, 0.3) is 0 Å². The lowest BCUT2D eigenvalue weighted by Crippen LogP contribution is -2.46. The lowest BCUT2D eigenvalue weighted by Gasteiger charge is -2.31. The summed E-state index contributed by atoms with van der Waals surface area (Å²) in [6.07, 6.45) is 2.81. The Morgan fingerprint density at radius 3 is 2.64 bits per heavy atom. The van der Waals surface area contributed by atoms with Crippen molar-refractivity contribution >= 4 is 11.9 Å². The van der Waals surface area contributed by atoms with Crippen LogP contribution in [0, 0.1) is 11.7 Å². The molecule has 0 unspecified atom stereocenters. The van der Waals surface area contributed by atoms with Crippen LogP contribution in [0.3, 0.4) is 0 Å². The van der Waals surface area contributed by atoms with Crippen molar-refractivity contribution in [1.82, 2.24) is 10.2 Å². The number of likely N-dealkylation sites (tertiary alicyclic amines) is 1. The molecule has 1 heterocycles. The van der Waals surface area contributed by atoms with Gasteiger partial charge in [-0.15, -0.1) is 0 Å². The van der Waals surface area contributed by atoms with E-state index in [9.17, 15) is 14.0 Å². The molecule has 2 aliphatic rings. The number of amides is 3. The van der Waals surface area contributed by atoms with Crippen molar-refractivity contribution in [3.05, 3.63) is 35.1 Å². The number of piperidine rings is 1. The number of aryl methyl sites for hydroxylation is 1. The van der Waals surface area contributed by atoms with E-state index in [2.05, 4.69) is 5.32 Å². The minimum atomic E-state index is -0.285. The number of nitrogens with zero attached hydrogens (tertiary/aromatic N) is 1. The molecule has 0 spiro atoms. The highest BCUT2D eigenvalue weighted by Crippen LogP contribution is 2.31. The summed E-state index contributed by atoms with van der Waals surface area (Å²) < 4.78 is 13.2. The molecule has 3 N–H and O–H groups in total. The van der Waals surface area contributed by atoms with E-state index < -0.39 is 0 Å². The molecule has 22 heavy (non-hydrogen) atoms. The summed E-state index contributed by atoms with van der Waals surface area (Å²) in [6.45, 7) is 1.09. The highest BCUT2D eigenvalue weighted by molar-refractivity contribution is 5.78. The van der Waals surface area contributed by atoms with Gasteiger partial charge in [-0.25, -0.2) is 9.18 Å². The van der Waals surface area contributed by atoms with Gasteiger partial charge in [0.2, 0.25) is 5.91 Å². The summed E-state index contributed by atoms with van der Waals surface area (Å²) >= 11 is 0. The second-order valence-electron chi connectivity index (χ2n) is 6.05. The standard InChI is InChI=1S/C16H20FN3O2/c17-12-2-3-13-11(9-12)1-4-14(13)19-16(22)20-7-5-10(6-8-20)15(18)21/h2-3,9-10,14H,1,4-8H2,(H2,18,21)(H,19,22)/t14-/m1/s1. The number of rotatable bonds is 2. The lowest BCUT2D eigenvalue weighted by molar-refractivity contribution is -0.123. The molecule has 1 aliphatic carbocycles. The average Bonchev–Trinajstić information content (AvgIpc) is 2.89. The molecule has 0 aromatic heterocycles. The quantitative estimate of drug-likeness (QED) is 0.873. The molecular formula is C16H20FN3O2. The highest BCUT2D eigenvalue weighted by Gasteiger charge is 2.29. The van der Waals surface area contributed by atoms with E-state index in [4.69, 9.17) is 5.73 Å². The first-order valence-corrected chi connectivity index (χ1v) is 7.67. The summed E-state index contributed by atoms with van der Waals surface area (Å²) in [5, 5.41) is 3.02. The van der Waals surface area contributed by atoms with Gasteiger partial charge in [-0.05, 0) is 48.9 Å². The average molecular weight is 305 g/mol. The molecule has 118 valence electrons. The van der Waals surface area contributed by atoms with Gasteiger partial charge in [-0.3, -0.25) is 4.79 Å². The lowest BCUT2D eigenvalue weighted by atomic mass is 9.96. The van der Waals surface area contributed by atoms with Crippen LogP contribution in [0.15, 0.2) is 18.2 Å². The van der Waals surface area contributed by atoms with E-state index in [0.717, 1.165) is 24.0 Å². The van der Waals surface area contributed by atoms with Crippen molar-refractivity contribution in [3.63, 3.8) is 0 Å².